The molecular formula is C10H15NO. The molecule has 0 aromatic carbocycles. The molecule has 2 nitrogen and oxygen atoms in total. The molecular weight excluding hydrogens is 150 g/mol. The van der Waals surface area contributed by atoms with E-state index in [1.54, 1.807) is 0 Å². The average Bonchev–Trinajstić information content (AvgIpc) is 2.56. The van der Waals surface area contributed by atoms with Crippen LogP contribution in [0.1, 0.15) is 19.8 Å². The molecule has 1 aliphatic carbocycles. The maximum absolute atomic E-state index is 9.44. The van der Waals surface area contributed by atoms with E-state index in [4.69, 9.17) is 0 Å². The topological polar surface area (TPSA) is 32.3 Å². The number of hydrogen-bond acceptors (Lipinski definition) is 2. The Labute approximate surface area is 73.3 Å². The van der Waals surface area contributed by atoms with Crippen LogP contribution in [0.15, 0.2) is 35.8 Å². The van der Waals surface area contributed by atoms with Gasteiger partial charge in [-0.1, -0.05) is 25.5 Å². The predicted octanol–water partition coefficient (Wildman–Crippen LogP) is 2.27. The zero-order chi connectivity index (χ0) is 8.81. The van der Waals surface area contributed by atoms with Crippen LogP contribution >= 0.6 is 0 Å². The molecule has 0 saturated carbocycles. The van der Waals surface area contributed by atoms with E-state index in [0.717, 1.165) is 25.0 Å². The molecule has 0 unspecified atom stereocenters. The van der Waals surface area contributed by atoms with Crippen molar-refractivity contribution in [2.24, 2.45) is 0 Å². The minimum Gasteiger partial charge on any atom is -0.494 e. The van der Waals surface area contributed by atoms with Gasteiger partial charge < -0.3 is 10.4 Å². The first-order valence-corrected chi connectivity index (χ1v) is 4.36. The van der Waals surface area contributed by atoms with Crippen LogP contribution in [-0.4, -0.2) is 11.7 Å². The Hall–Kier alpha value is -1.18. The van der Waals surface area contributed by atoms with E-state index in [2.05, 4.69) is 12.2 Å². The van der Waals surface area contributed by atoms with Gasteiger partial charge in [-0.25, -0.2) is 0 Å². The minimum atomic E-state index is 0.286. The Kier molecular flexibility index (Phi) is 3.45. The lowest BCUT2D eigenvalue weighted by Crippen LogP contribution is -2.15. The minimum absolute atomic E-state index is 0.286. The summed E-state index contributed by atoms with van der Waals surface area (Å²) >= 11 is 0. The number of hydrogen-bond donors (Lipinski definition) is 2. The summed E-state index contributed by atoms with van der Waals surface area (Å²) in [6, 6.07) is 0. The Bertz CT molecular complexity index is 212. The smallest absolute Gasteiger partial charge is 0.191 e. The van der Waals surface area contributed by atoms with Gasteiger partial charge in [0.15, 0.2) is 5.88 Å². The zero-order valence-electron chi connectivity index (χ0n) is 7.38. The third kappa shape index (κ3) is 2.46. The van der Waals surface area contributed by atoms with E-state index in [-0.39, 0.29) is 5.88 Å². The highest BCUT2D eigenvalue weighted by Crippen LogP contribution is 2.09. The van der Waals surface area contributed by atoms with Gasteiger partial charge in [0.05, 0.1) is 0 Å². The molecule has 66 valence electrons. The molecule has 1 aliphatic rings. The number of rotatable bonds is 4. The van der Waals surface area contributed by atoms with Gasteiger partial charge in [-0.3, -0.25) is 0 Å². The Balaban J connectivity index is 2.36. The lowest BCUT2D eigenvalue weighted by Gasteiger charge is -2.04. The first kappa shape index (κ1) is 8.91. The molecule has 2 heteroatoms. The molecule has 0 aliphatic heterocycles. The highest BCUT2D eigenvalue weighted by molar-refractivity contribution is 5.41. The van der Waals surface area contributed by atoms with E-state index in [1.807, 2.05) is 24.3 Å². The van der Waals surface area contributed by atoms with E-state index in [1.165, 1.54) is 0 Å². The second-order valence-corrected chi connectivity index (χ2v) is 2.80. The molecule has 0 aromatic heterocycles. The van der Waals surface area contributed by atoms with Gasteiger partial charge in [0.1, 0.15) is 0 Å². The summed E-state index contributed by atoms with van der Waals surface area (Å²) in [5, 5.41) is 12.4. The lowest BCUT2D eigenvalue weighted by atomic mass is 10.3. The highest BCUT2D eigenvalue weighted by atomic mass is 16.3. The summed E-state index contributed by atoms with van der Waals surface area (Å²) in [4.78, 5) is 0. The first-order chi connectivity index (χ1) is 5.84. The third-order valence-electron chi connectivity index (χ3n) is 1.76. The van der Waals surface area contributed by atoms with Crippen LogP contribution in [0.3, 0.4) is 0 Å². The zero-order valence-corrected chi connectivity index (χ0v) is 7.38. The van der Waals surface area contributed by atoms with Crippen molar-refractivity contribution in [3.63, 3.8) is 0 Å². The van der Waals surface area contributed by atoms with Crippen LogP contribution in [0.25, 0.3) is 0 Å². The summed E-state index contributed by atoms with van der Waals surface area (Å²) in [6.07, 6.45) is 9.81. The molecule has 0 spiro atoms. The fourth-order valence-corrected chi connectivity index (χ4v) is 1.02. The van der Waals surface area contributed by atoms with Crippen LogP contribution < -0.4 is 5.32 Å². The van der Waals surface area contributed by atoms with E-state index in [0.29, 0.717) is 0 Å². The maximum atomic E-state index is 9.44. The van der Waals surface area contributed by atoms with Gasteiger partial charge in [0.2, 0.25) is 0 Å². The molecule has 0 heterocycles. The molecule has 0 saturated heterocycles. The van der Waals surface area contributed by atoms with Crippen LogP contribution in [0.4, 0.5) is 0 Å². The van der Waals surface area contributed by atoms with Crippen molar-refractivity contribution in [2.75, 3.05) is 6.54 Å². The maximum Gasteiger partial charge on any atom is 0.191 e. The van der Waals surface area contributed by atoms with Gasteiger partial charge in [-0.15, -0.1) is 0 Å². The quantitative estimate of drug-likeness (QED) is 0.494. The molecule has 0 atom stereocenters. The molecule has 12 heavy (non-hydrogen) atoms. The highest BCUT2D eigenvalue weighted by Gasteiger charge is 1.99. The normalized spacial score (nSPS) is 13.9. The largest absolute Gasteiger partial charge is 0.494 e. The number of nitrogens with one attached hydrogen (secondary N) is 1. The van der Waals surface area contributed by atoms with Crippen molar-refractivity contribution in [3.05, 3.63) is 35.8 Å². The molecule has 0 aromatic rings. The first-order valence-electron chi connectivity index (χ1n) is 4.36. The van der Waals surface area contributed by atoms with Crippen molar-refractivity contribution >= 4 is 0 Å². The Morgan fingerprint density at radius 3 is 2.67 bits per heavy atom. The van der Waals surface area contributed by atoms with Gasteiger partial charge in [0, 0.05) is 12.1 Å². The third-order valence-corrected chi connectivity index (χ3v) is 1.76. The lowest BCUT2D eigenvalue weighted by molar-refractivity contribution is 0.359. The number of allylic oxidation sites excluding steroid dienone is 5. The van der Waals surface area contributed by atoms with Gasteiger partial charge in [-0.05, 0) is 18.6 Å². The van der Waals surface area contributed by atoms with Crippen LogP contribution in [0.5, 0.6) is 0 Å². The summed E-state index contributed by atoms with van der Waals surface area (Å²) in [5.74, 6) is 0.286. The van der Waals surface area contributed by atoms with Gasteiger partial charge in [-0.2, -0.15) is 0 Å². The van der Waals surface area contributed by atoms with Crippen LogP contribution in [0, 0.1) is 0 Å². The number of unbranched alkanes of at least 4 members (excludes halogenated alkanes) is 1. The summed E-state index contributed by atoms with van der Waals surface area (Å²) in [7, 11) is 0. The van der Waals surface area contributed by atoms with Crippen molar-refractivity contribution in [1.29, 1.82) is 0 Å². The summed E-state index contributed by atoms with van der Waals surface area (Å²) < 4.78 is 0. The summed E-state index contributed by atoms with van der Waals surface area (Å²) in [6.45, 7) is 2.97. The molecule has 0 bridgehead atoms. The predicted molar refractivity (Wildman–Crippen MR) is 50.8 cm³/mol. The molecule has 2 N–H and O–H groups in total. The summed E-state index contributed by atoms with van der Waals surface area (Å²) in [5.41, 5.74) is 0.867. The van der Waals surface area contributed by atoms with E-state index < -0.39 is 0 Å². The fourth-order valence-electron chi connectivity index (χ4n) is 1.02. The van der Waals surface area contributed by atoms with Crippen molar-refractivity contribution in [3.8, 4) is 0 Å². The second kappa shape index (κ2) is 4.65. The number of aliphatic hydroxyl groups excluding tert-OH is 1. The van der Waals surface area contributed by atoms with Gasteiger partial charge in [0.25, 0.3) is 0 Å². The molecule has 0 radical (unpaired) electrons. The second-order valence-electron chi connectivity index (χ2n) is 2.80. The van der Waals surface area contributed by atoms with Crippen molar-refractivity contribution in [1.82, 2.24) is 5.32 Å². The van der Waals surface area contributed by atoms with E-state index in [9.17, 15) is 5.11 Å². The standard InChI is InChI=1S/C10H15NO/c1-2-3-8-11-10(12)9-6-4-5-7-9/h4-7,11-12H,2-3,8H2,1H3. The average molecular weight is 165 g/mol. The SMILES string of the molecule is CCCCNC(O)=C1C=CC=C1. The molecule has 1 rings (SSSR count). The van der Waals surface area contributed by atoms with Gasteiger partial charge >= 0.3 is 0 Å². The number of aliphatic hydroxyl groups is 1. The fraction of sp³-hybridized carbons (Fsp3) is 0.400. The van der Waals surface area contributed by atoms with Crippen LogP contribution in [-0.2, 0) is 0 Å². The Morgan fingerprint density at radius 2 is 2.08 bits per heavy atom. The Morgan fingerprint density at radius 1 is 1.42 bits per heavy atom. The van der Waals surface area contributed by atoms with Crippen molar-refractivity contribution < 1.29 is 5.11 Å². The molecule has 0 amide bonds. The van der Waals surface area contributed by atoms with E-state index >= 15 is 0 Å². The van der Waals surface area contributed by atoms with Crippen LogP contribution in [0.2, 0.25) is 0 Å². The molecule has 0 fully saturated rings. The van der Waals surface area contributed by atoms with Crippen molar-refractivity contribution in [2.45, 2.75) is 19.8 Å². The monoisotopic (exact) mass is 165 g/mol.